The number of hydrogen-bond donors (Lipinski definition) is 0. The fourth-order valence-electron chi connectivity index (χ4n) is 1.50. The first-order chi connectivity index (χ1) is 6.66. The minimum Gasteiger partial charge on any atom is -0.287 e. The highest BCUT2D eigenvalue weighted by atomic mass is 32.1. The van der Waals surface area contributed by atoms with Gasteiger partial charge < -0.3 is 0 Å². The molecule has 0 bridgehead atoms. The van der Waals surface area contributed by atoms with Crippen molar-refractivity contribution in [2.24, 2.45) is 7.05 Å². The van der Waals surface area contributed by atoms with E-state index in [2.05, 4.69) is 0 Å². The molecule has 14 heavy (non-hydrogen) atoms. The average molecular weight is 210 g/mol. The third kappa shape index (κ3) is 1.05. The van der Waals surface area contributed by atoms with Crippen LogP contribution in [0.3, 0.4) is 0 Å². The Balaban J connectivity index is 3.10. The van der Waals surface area contributed by atoms with Crippen molar-refractivity contribution in [1.82, 2.24) is 9.13 Å². The first-order valence-electron chi connectivity index (χ1n) is 4.34. The second kappa shape index (κ2) is 3.09. The van der Waals surface area contributed by atoms with Gasteiger partial charge in [-0.25, -0.2) is 4.79 Å². The molecule has 0 aliphatic carbocycles. The van der Waals surface area contributed by atoms with Gasteiger partial charge in [0.05, 0.1) is 5.39 Å². The zero-order valence-electron chi connectivity index (χ0n) is 7.98. The van der Waals surface area contributed by atoms with E-state index >= 15 is 0 Å². The van der Waals surface area contributed by atoms with Crippen LogP contribution in [0, 0.1) is 0 Å². The summed E-state index contributed by atoms with van der Waals surface area (Å²) in [6.07, 6.45) is 0. The second-order valence-electron chi connectivity index (χ2n) is 3.03. The molecule has 4 nitrogen and oxygen atoms in total. The van der Waals surface area contributed by atoms with Crippen molar-refractivity contribution in [1.29, 1.82) is 0 Å². The average Bonchev–Trinajstić information content (AvgIpc) is 2.64. The minimum atomic E-state index is -0.243. The van der Waals surface area contributed by atoms with Gasteiger partial charge in [0.25, 0.3) is 5.56 Å². The van der Waals surface area contributed by atoms with Crippen molar-refractivity contribution in [3.8, 4) is 0 Å². The molecule has 2 heterocycles. The van der Waals surface area contributed by atoms with Crippen molar-refractivity contribution in [2.45, 2.75) is 13.5 Å². The summed E-state index contributed by atoms with van der Waals surface area (Å²) < 4.78 is 2.76. The summed E-state index contributed by atoms with van der Waals surface area (Å²) in [4.78, 5) is 24.2. The van der Waals surface area contributed by atoms with Gasteiger partial charge in [-0.2, -0.15) is 0 Å². The van der Waals surface area contributed by atoms with Crippen LogP contribution in [0.25, 0.3) is 10.2 Å². The molecule has 0 aliphatic heterocycles. The normalized spacial score (nSPS) is 11.0. The predicted octanol–water partition coefficient (Wildman–Crippen LogP) is 0.782. The summed E-state index contributed by atoms with van der Waals surface area (Å²) in [5.74, 6) is 0. The molecular formula is C9H10N2O2S. The molecule has 2 aromatic heterocycles. The molecule has 5 heteroatoms. The number of aryl methyl sites for hydroxylation is 1. The number of thiophene rings is 1. The highest BCUT2D eigenvalue weighted by molar-refractivity contribution is 7.16. The van der Waals surface area contributed by atoms with Crippen LogP contribution in [0.4, 0.5) is 0 Å². The Morgan fingerprint density at radius 1 is 1.43 bits per heavy atom. The lowest BCUT2D eigenvalue weighted by atomic mass is 10.4. The Hall–Kier alpha value is -1.36. The van der Waals surface area contributed by atoms with Crippen molar-refractivity contribution in [2.75, 3.05) is 0 Å². The van der Waals surface area contributed by atoms with Crippen molar-refractivity contribution >= 4 is 21.6 Å². The van der Waals surface area contributed by atoms with Crippen LogP contribution in [0.5, 0.6) is 0 Å². The SMILES string of the molecule is CCn1c(=O)c2ccsc2n(C)c1=O. The van der Waals surface area contributed by atoms with Gasteiger partial charge in [-0.05, 0) is 18.4 Å². The number of hydrogen-bond acceptors (Lipinski definition) is 3. The molecule has 0 N–H and O–H groups in total. The molecule has 0 amide bonds. The smallest absolute Gasteiger partial charge is 0.287 e. The standard InChI is InChI=1S/C9H10N2O2S/c1-3-11-7(12)6-4-5-14-8(6)10(2)9(11)13/h4-5H,3H2,1-2H3. The maximum atomic E-state index is 11.7. The van der Waals surface area contributed by atoms with E-state index in [-0.39, 0.29) is 11.2 Å². The number of rotatable bonds is 1. The van der Waals surface area contributed by atoms with Crippen molar-refractivity contribution < 1.29 is 0 Å². The number of aromatic nitrogens is 2. The Labute approximate surface area is 84.0 Å². The van der Waals surface area contributed by atoms with Gasteiger partial charge in [0.2, 0.25) is 0 Å². The van der Waals surface area contributed by atoms with Crippen LogP contribution in [-0.4, -0.2) is 9.13 Å². The maximum Gasteiger partial charge on any atom is 0.331 e. The molecule has 0 aliphatic rings. The van der Waals surface area contributed by atoms with E-state index in [0.29, 0.717) is 11.9 Å². The first-order valence-corrected chi connectivity index (χ1v) is 5.21. The third-order valence-electron chi connectivity index (χ3n) is 2.26. The summed E-state index contributed by atoms with van der Waals surface area (Å²) >= 11 is 1.41. The lowest BCUT2D eigenvalue weighted by Crippen LogP contribution is -2.37. The van der Waals surface area contributed by atoms with Crippen LogP contribution < -0.4 is 11.2 Å². The lowest BCUT2D eigenvalue weighted by molar-refractivity contribution is 0.642. The summed E-state index contributed by atoms with van der Waals surface area (Å²) in [5, 5.41) is 2.45. The van der Waals surface area contributed by atoms with Gasteiger partial charge >= 0.3 is 5.69 Å². The zero-order valence-corrected chi connectivity index (χ0v) is 8.80. The highest BCUT2D eigenvalue weighted by Gasteiger charge is 2.09. The van der Waals surface area contributed by atoms with Gasteiger partial charge in [0.1, 0.15) is 4.83 Å². The van der Waals surface area contributed by atoms with E-state index < -0.39 is 0 Å². The largest absolute Gasteiger partial charge is 0.331 e. The molecule has 0 saturated carbocycles. The van der Waals surface area contributed by atoms with Crippen LogP contribution in [0.2, 0.25) is 0 Å². The molecule has 0 radical (unpaired) electrons. The van der Waals surface area contributed by atoms with Gasteiger partial charge in [-0.3, -0.25) is 13.9 Å². The van der Waals surface area contributed by atoms with Gasteiger partial charge in [-0.1, -0.05) is 0 Å². The Bertz CT molecular complexity index is 591. The molecule has 2 aromatic rings. The van der Waals surface area contributed by atoms with E-state index in [1.54, 1.807) is 20.0 Å². The second-order valence-corrected chi connectivity index (χ2v) is 3.92. The Kier molecular flexibility index (Phi) is 2.03. The van der Waals surface area contributed by atoms with E-state index in [4.69, 9.17) is 0 Å². The van der Waals surface area contributed by atoms with Crippen LogP contribution >= 0.6 is 11.3 Å². The number of nitrogens with zero attached hydrogens (tertiary/aromatic N) is 2. The monoisotopic (exact) mass is 210 g/mol. The quantitative estimate of drug-likeness (QED) is 0.698. The molecule has 0 saturated heterocycles. The maximum absolute atomic E-state index is 11.7. The van der Waals surface area contributed by atoms with Crippen molar-refractivity contribution in [3.63, 3.8) is 0 Å². The van der Waals surface area contributed by atoms with Crippen LogP contribution in [0.15, 0.2) is 21.0 Å². The topological polar surface area (TPSA) is 44.0 Å². The van der Waals surface area contributed by atoms with Gasteiger partial charge in [-0.15, -0.1) is 11.3 Å². The molecule has 0 spiro atoms. The first kappa shape index (κ1) is 9.21. The van der Waals surface area contributed by atoms with E-state index in [0.717, 1.165) is 4.83 Å². The Morgan fingerprint density at radius 3 is 2.79 bits per heavy atom. The summed E-state index contributed by atoms with van der Waals surface area (Å²) in [6.45, 7) is 2.21. The summed E-state index contributed by atoms with van der Waals surface area (Å²) in [5.41, 5.74) is -0.431. The van der Waals surface area contributed by atoms with E-state index in [1.807, 2.05) is 5.38 Å². The summed E-state index contributed by atoms with van der Waals surface area (Å²) in [6, 6.07) is 1.76. The molecule has 0 atom stereocenters. The zero-order chi connectivity index (χ0) is 10.3. The van der Waals surface area contributed by atoms with E-state index in [9.17, 15) is 9.59 Å². The van der Waals surface area contributed by atoms with Gasteiger partial charge in [0.15, 0.2) is 0 Å². The minimum absolute atomic E-state index is 0.188. The fraction of sp³-hybridized carbons (Fsp3) is 0.333. The molecule has 0 fully saturated rings. The lowest BCUT2D eigenvalue weighted by Gasteiger charge is -2.04. The highest BCUT2D eigenvalue weighted by Crippen LogP contribution is 2.14. The molecule has 2 rings (SSSR count). The number of fused-ring (bicyclic) bond motifs is 1. The summed E-state index contributed by atoms with van der Waals surface area (Å²) in [7, 11) is 1.69. The third-order valence-corrected chi connectivity index (χ3v) is 3.25. The van der Waals surface area contributed by atoms with Crippen molar-refractivity contribution in [3.05, 3.63) is 32.3 Å². The van der Waals surface area contributed by atoms with E-state index in [1.165, 1.54) is 20.5 Å². The predicted molar refractivity (Wildman–Crippen MR) is 57.0 cm³/mol. The molecule has 0 aromatic carbocycles. The van der Waals surface area contributed by atoms with Crippen LogP contribution in [0.1, 0.15) is 6.92 Å². The molecular weight excluding hydrogens is 200 g/mol. The Morgan fingerprint density at radius 2 is 2.14 bits per heavy atom. The molecule has 0 unspecified atom stereocenters. The molecule has 74 valence electrons. The fourth-order valence-corrected chi connectivity index (χ4v) is 2.35. The van der Waals surface area contributed by atoms with Crippen LogP contribution in [-0.2, 0) is 13.6 Å². The van der Waals surface area contributed by atoms with Gasteiger partial charge in [0, 0.05) is 13.6 Å².